The van der Waals surface area contributed by atoms with Crippen LogP contribution in [0, 0.1) is 0 Å². The molecule has 258 valence electrons. The lowest BCUT2D eigenvalue weighted by Gasteiger charge is -2.26. The molecule has 0 N–H and O–H groups in total. The van der Waals surface area contributed by atoms with Crippen LogP contribution in [0.15, 0.2) is 185 Å². The molecule has 12 aromatic rings. The molecule has 0 aliphatic rings. The molecule has 0 saturated carbocycles. The average Bonchev–Trinajstić information content (AvgIpc) is 4.01. The summed E-state index contributed by atoms with van der Waals surface area (Å²) in [5.41, 5.74) is 10.6. The van der Waals surface area contributed by atoms with Crippen LogP contribution in [-0.2, 0) is 0 Å². The van der Waals surface area contributed by atoms with E-state index in [0.29, 0.717) is 5.89 Å². The van der Waals surface area contributed by atoms with Gasteiger partial charge in [-0.1, -0.05) is 84.9 Å². The van der Waals surface area contributed by atoms with Crippen molar-refractivity contribution >= 4 is 103 Å². The number of hydrogen-bond donors (Lipinski definition) is 0. The van der Waals surface area contributed by atoms with Crippen molar-refractivity contribution in [1.29, 1.82) is 0 Å². The van der Waals surface area contributed by atoms with Crippen molar-refractivity contribution in [2.75, 3.05) is 4.90 Å². The minimum absolute atomic E-state index is 0.592. The second-order valence-corrected chi connectivity index (χ2v) is 15.0. The minimum Gasteiger partial charge on any atom is -0.456 e. The Hall–Kier alpha value is -7.15. The number of para-hydroxylation sites is 2. The highest BCUT2D eigenvalue weighted by Gasteiger charge is 2.22. The largest absolute Gasteiger partial charge is 0.456 e. The van der Waals surface area contributed by atoms with E-state index in [1.807, 2.05) is 53.8 Å². The standard InChI is InChI=1S/C49H29N3O2S/c1-3-11-30(12-4-1)49-50-48-44(54-49)26-25-43-47(48)39-27-32(21-24-42(39)53-43)51(34-20-23-38-37-16-8-10-18-45(37)55-46(38)29-34)33-19-22-36-35-15-7-9-17-40(35)52(41(36)28-33)31-13-5-2-6-14-31/h1-29H. The van der Waals surface area contributed by atoms with Gasteiger partial charge in [0.2, 0.25) is 5.89 Å². The van der Waals surface area contributed by atoms with E-state index >= 15 is 0 Å². The van der Waals surface area contributed by atoms with Crippen LogP contribution in [0.1, 0.15) is 0 Å². The summed E-state index contributed by atoms with van der Waals surface area (Å²) in [6, 6.07) is 62.1. The van der Waals surface area contributed by atoms with Crippen molar-refractivity contribution in [2.24, 2.45) is 0 Å². The lowest BCUT2D eigenvalue weighted by atomic mass is 10.1. The van der Waals surface area contributed by atoms with E-state index in [9.17, 15) is 0 Å². The molecule has 0 fully saturated rings. The van der Waals surface area contributed by atoms with E-state index < -0.39 is 0 Å². The van der Waals surface area contributed by atoms with E-state index in [0.717, 1.165) is 66.9 Å². The molecule has 0 spiro atoms. The highest BCUT2D eigenvalue weighted by atomic mass is 32.1. The maximum Gasteiger partial charge on any atom is 0.227 e. The summed E-state index contributed by atoms with van der Waals surface area (Å²) in [6.45, 7) is 0. The third-order valence-corrected chi connectivity index (χ3v) is 11.9. The lowest BCUT2D eigenvalue weighted by molar-refractivity contribution is 0.619. The van der Waals surface area contributed by atoms with Crippen molar-refractivity contribution in [3.63, 3.8) is 0 Å². The fourth-order valence-corrected chi connectivity index (χ4v) is 9.48. The fourth-order valence-electron chi connectivity index (χ4n) is 8.34. The summed E-state index contributed by atoms with van der Waals surface area (Å²) in [5, 5.41) is 6.92. The smallest absolute Gasteiger partial charge is 0.227 e. The Morgan fingerprint density at radius 2 is 1.09 bits per heavy atom. The molecule has 8 aromatic carbocycles. The number of furan rings is 1. The highest BCUT2D eigenvalue weighted by molar-refractivity contribution is 7.25. The molecule has 0 saturated heterocycles. The van der Waals surface area contributed by atoms with Crippen molar-refractivity contribution in [3.05, 3.63) is 176 Å². The SMILES string of the molecule is c1ccc(-c2nc3c(ccc4oc5ccc(N(c6ccc7c(c6)sc6ccccc67)c6ccc7c8ccccc8n(-c8ccccc8)c7c6)cc5c43)o2)cc1. The third-order valence-electron chi connectivity index (χ3n) is 10.8. The zero-order valence-electron chi connectivity index (χ0n) is 29.3. The zero-order valence-corrected chi connectivity index (χ0v) is 30.1. The summed E-state index contributed by atoms with van der Waals surface area (Å²) in [6.07, 6.45) is 0. The predicted octanol–water partition coefficient (Wildman–Crippen LogP) is 14.3. The summed E-state index contributed by atoms with van der Waals surface area (Å²) in [5.74, 6) is 0.592. The van der Waals surface area contributed by atoms with Crippen LogP contribution in [0.25, 0.3) is 92.2 Å². The number of fused-ring (bicyclic) bond motifs is 11. The number of oxazole rings is 1. The van der Waals surface area contributed by atoms with Crippen molar-refractivity contribution in [1.82, 2.24) is 9.55 Å². The molecule has 0 aliphatic carbocycles. The van der Waals surface area contributed by atoms with E-state index in [2.05, 4.69) is 143 Å². The van der Waals surface area contributed by atoms with Crippen molar-refractivity contribution in [2.45, 2.75) is 0 Å². The topological polar surface area (TPSA) is 47.3 Å². The molecule has 0 unspecified atom stereocenters. The Labute approximate surface area is 318 Å². The van der Waals surface area contributed by atoms with Gasteiger partial charge in [0, 0.05) is 64.6 Å². The number of hydrogen-bond acceptors (Lipinski definition) is 5. The first kappa shape index (κ1) is 30.3. The molecule has 55 heavy (non-hydrogen) atoms. The van der Waals surface area contributed by atoms with Crippen LogP contribution < -0.4 is 4.90 Å². The molecule has 0 atom stereocenters. The molecule has 0 amide bonds. The maximum atomic E-state index is 6.47. The first-order valence-corrected chi connectivity index (χ1v) is 19.2. The minimum atomic E-state index is 0.592. The van der Waals surface area contributed by atoms with E-state index in [4.69, 9.17) is 13.8 Å². The van der Waals surface area contributed by atoms with Crippen LogP contribution in [0.2, 0.25) is 0 Å². The maximum absolute atomic E-state index is 6.47. The Morgan fingerprint density at radius 3 is 1.96 bits per heavy atom. The van der Waals surface area contributed by atoms with Crippen LogP contribution in [0.3, 0.4) is 0 Å². The quantitative estimate of drug-likeness (QED) is 0.177. The molecule has 6 heteroatoms. The Morgan fingerprint density at radius 1 is 0.455 bits per heavy atom. The van der Waals surface area contributed by atoms with Gasteiger partial charge in [-0.05, 0) is 91.0 Å². The fraction of sp³-hybridized carbons (Fsp3) is 0. The number of thiophene rings is 1. The molecule has 0 radical (unpaired) electrons. The van der Waals surface area contributed by atoms with Gasteiger partial charge < -0.3 is 18.3 Å². The number of nitrogens with zero attached hydrogens (tertiary/aromatic N) is 3. The zero-order chi connectivity index (χ0) is 36.0. The Balaban J connectivity index is 1.11. The van der Waals surface area contributed by atoms with E-state index in [-0.39, 0.29) is 0 Å². The summed E-state index contributed by atoms with van der Waals surface area (Å²) < 4.78 is 17.7. The average molecular weight is 724 g/mol. The number of rotatable bonds is 5. The van der Waals surface area contributed by atoms with Gasteiger partial charge >= 0.3 is 0 Å². The summed E-state index contributed by atoms with van der Waals surface area (Å²) in [4.78, 5) is 7.40. The molecule has 12 rings (SSSR count). The molecule has 0 aliphatic heterocycles. The number of benzene rings is 8. The number of anilines is 3. The molecular weight excluding hydrogens is 695 g/mol. The van der Waals surface area contributed by atoms with Gasteiger partial charge in [0.25, 0.3) is 0 Å². The molecule has 5 nitrogen and oxygen atoms in total. The Kier molecular flexibility index (Phi) is 6.44. The van der Waals surface area contributed by atoms with Crippen LogP contribution >= 0.6 is 11.3 Å². The monoisotopic (exact) mass is 723 g/mol. The summed E-state index contributed by atoms with van der Waals surface area (Å²) >= 11 is 1.83. The first-order valence-electron chi connectivity index (χ1n) is 18.4. The highest BCUT2D eigenvalue weighted by Crippen LogP contribution is 2.45. The molecular formula is C49H29N3O2S. The van der Waals surface area contributed by atoms with E-state index in [1.54, 1.807) is 0 Å². The number of aromatic nitrogens is 2. The van der Waals surface area contributed by atoms with Crippen LogP contribution in [0.5, 0.6) is 0 Å². The van der Waals surface area contributed by atoms with Gasteiger partial charge in [0.15, 0.2) is 5.58 Å². The molecule has 4 aromatic heterocycles. The van der Waals surface area contributed by atoms with E-state index in [1.165, 1.54) is 36.5 Å². The van der Waals surface area contributed by atoms with Gasteiger partial charge in [-0.15, -0.1) is 11.3 Å². The van der Waals surface area contributed by atoms with Crippen LogP contribution in [0.4, 0.5) is 17.1 Å². The first-order chi connectivity index (χ1) is 27.2. The second-order valence-electron chi connectivity index (χ2n) is 14.0. The predicted molar refractivity (Wildman–Crippen MR) is 229 cm³/mol. The van der Waals surface area contributed by atoms with Crippen molar-refractivity contribution in [3.8, 4) is 17.1 Å². The second kappa shape index (κ2) is 11.7. The van der Waals surface area contributed by atoms with Gasteiger partial charge in [0.1, 0.15) is 16.7 Å². The van der Waals surface area contributed by atoms with Crippen LogP contribution in [-0.4, -0.2) is 9.55 Å². The van der Waals surface area contributed by atoms with Gasteiger partial charge in [0.05, 0.1) is 16.4 Å². The lowest BCUT2D eigenvalue weighted by Crippen LogP contribution is -2.10. The third kappa shape index (κ3) is 4.62. The molecule has 4 heterocycles. The Bertz CT molecular complexity index is 3450. The normalized spacial score (nSPS) is 12.0. The van der Waals surface area contributed by atoms with Gasteiger partial charge in [-0.2, -0.15) is 0 Å². The van der Waals surface area contributed by atoms with Gasteiger partial charge in [-0.25, -0.2) is 4.98 Å². The summed E-state index contributed by atoms with van der Waals surface area (Å²) in [7, 11) is 0. The van der Waals surface area contributed by atoms with Gasteiger partial charge in [-0.3, -0.25) is 0 Å². The molecule has 0 bridgehead atoms. The van der Waals surface area contributed by atoms with Crippen molar-refractivity contribution < 1.29 is 8.83 Å².